The molecule has 0 unspecified atom stereocenters. The minimum Gasteiger partial charge on any atom is -0.342 e. The molecule has 1 saturated heterocycles. The number of piperazine rings is 1. The van der Waals surface area contributed by atoms with E-state index >= 15 is 0 Å². The lowest BCUT2D eigenvalue weighted by molar-refractivity contribution is -0.139. The summed E-state index contributed by atoms with van der Waals surface area (Å²) in [4.78, 5) is 47.7. The van der Waals surface area contributed by atoms with Gasteiger partial charge < -0.3 is 15.1 Å². The van der Waals surface area contributed by atoms with Crippen LogP contribution < -0.4 is 5.32 Å². The largest absolute Gasteiger partial charge is 0.405 e. The topological polar surface area (TPSA) is 95.5 Å². The molecule has 34 heavy (non-hydrogen) atoms. The Balaban J connectivity index is 1.94. The standard InChI is InChI=1S/C22H21ClF3N5O3/c1-3-20(33)30-6-7-31(13(2)32)18(11-30)15-9-16(29-19(23)10-15)14-4-5-27-17(8-14)21(34)28-12-22(24,25)26/h3-5,8-10,18H,1,6-7,11-12H2,2H3,(H,28,34)/t18-/m0/s1. The van der Waals surface area contributed by atoms with Gasteiger partial charge in [-0.05, 0) is 35.9 Å². The van der Waals surface area contributed by atoms with Gasteiger partial charge in [0.05, 0.1) is 11.7 Å². The third-order valence-electron chi connectivity index (χ3n) is 5.21. The number of hydrogen-bond donors (Lipinski definition) is 1. The highest BCUT2D eigenvalue weighted by Gasteiger charge is 2.32. The summed E-state index contributed by atoms with van der Waals surface area (Å²) in [6.07, 6.45) is -2.08. The zero-order chi connectivity index (χ0) is 25.0. The summed E-state index contributed by atoms with van der Waals surface area (Å²) in [7, 11) is 0. The zero-order valence-corrected chi connectivity index (χ0v) is 18.9. The van der Waals surface area contributed by atoms with E-state index in [2.05, 4.69) is 16.5 Å². The SMILES string of the molecule is C=CC(=O)N1CCN(C(C)=O)[C@H](c2cc(Cl)nc(-c3ccnc(C(=O)NCC(F)(F)F)c3)c2)C1. The van der Waals surface area contributed by atoms with Crippen LogP contribution in [0.5, 0.6) is 0 Å². The Hall–Kier alpha value is -3.47. The van der Waals surface area contributed by atoms with Crippen LogP contribution in [0.2, 0.25) is 5.15 Å². The number of hydrogen-bond acceptors (Lipinski definition) is 5. The predicted octanol–water partition coefficient (Wildman–Crippen LogP) is 3.01. The Morgan fingerprint density at radius 2 is 2.00 bits per heavy atom. The molecule has 2 aromatic rings. The molecule has 3 amide bonds. The third-order valence-corrected chi connectivity index (χ3v) is 5.40. The van der Waals surface area contributed by atoms with Crippen molar-refractivity contribution in [2.24, 2.45) is 0 Å². The van der Waals surface area contributed by atoms with Crippen molar-refractivity contribution < 1.29 is 27.6 Å². The van der Waals surface area contributed by atoms with Crippen LogP contribution in [-0.4, -0.2) is 69.8 Å². The van der Waals surface area contributed by atoms with Crippen LogP contribution in [0.15, 0.2) is 43.1 Å². The molecule has 0 aliphatic carbocycles. The smallest absolute Gasteiger partial charge is 0.342 e. The quantitative estimate of drug-likeness (QED) is 0.508. The second-order valence-electron chi connectivity index (χ2n) is 7.55. The maximum atomic E-state index is 12.4. The van der Waals surface area contributed by atoms with Gasteiger partial charge in [0.1, 0.15) is 17.4 Å². The van der Waals surface area contributed by atoms with Crippen molar-refractivity contribution in [1.29, 1.82) is 0 Å². The summed E-state index contributed by atoms with van der Waals surface area (Å²) >= 11 is 6.24. The van der Waals surface area contributed by atoms with Gasteiger partial charge in [0.25, 0.3) is 5.91 Å². The summed E-state index contributed by atoms with van der Waals surface area (Å²) in [5, 5.41) is 1.87. The molecular weight excluding hydrogens is 475 g/mol. The summed E-state index contributed by atoms with van der Waals surface area (Å²) < 4.78 is 37.2. The number of alkyl halides is 3. The van der Waals surface area contributed by atoms with E-state index < -0.39 is 24.7 Å². The van der Waals surface area contributed by atoms with Crippen molar-refractivity contribution in [2.45, 2.75) is 19.1 Å². The fourth-order valence-electron chi connectivity index (χ4n) is 3.62. The summed E-state index contributed by atoms with van der Waals surface area (Å²) in [6.45, 7) is 4.32. The molecule has 2 aromatic heterocycles. The molecule has 0 spiro atoms. The van der Waals surface area contributed by atoms with Crippen LogP contribution in [0.4, 0.5) is 13.2 Å². The summed E-state index contributed by atoms with van der Waals surface area (Å²) in [5.41, 5.74) is 1.09. The second kappa shape index (κ2) is 10.2. The lowest BCUT2D eigenvalue weighted by Gasteiger charge is -2.41. The number of nitrogens with one attached hydrogen (secondary N) is 1. The van der Waals surface area contributed by atoms with Crippen LogP contribution in [0.1, 0.15) is 29.0 Å². The van der Waals surface area contributed by atoms with Crippen molar-refractivity contribution >= 4 is 29.3 Å². The Labute approximate surface area is 198 Å². The first kappa shape index (κ1) is 25.2. The minimum absolute atomic E-state index is 0.100. The Morgan fingerprint density at radius 1 is 1.26 bits per heavy atom. The Bertz CT molecular complexity index is 1130. The first-order valence-electron chi connectivity index (χ1n) is 10.2. The number of rotatable bonds is 5. The Kier molecular flexibility index (Phi) is 7.55. The normalized spacial score (nSPS) is 16.2. The lowest BCUT2D eigenvalue weighted by atomic mass is 10.0. The number of carbonyl (C=O) groups excluding carboxylic acids is 3. The maximum absolute atomic E-state index is 12.4. The molecule has 1 N–H and O–H groups in total. The monoisotopic (exact) mass is 495 g/mol. The molecule has 1 aliphatic heterocycles. The molecule has 1 fully saturated rings. The molecular formula is C22H21ClF3N5O3. The van der Waals surface area contributed by atoms with Crippen molar-refractivity contribution in [1.82, 2.24) is 25.1 Å². The van der Waals surface area contributed by atoms with E-state index in [0.29, 0.717) is 29.9 Å². The summed E-state index contributed by atoms with van der Waals surface area (Å²) in [6, 6.07) is 5.55. The fraction of sp³-hybridized carbons (Fsp3) is 0.318. The van der Waals surface area contributed by atoms with Gasteiger partial charge in [-0.25, -0.2) is 4.98 Å². The first-order chi connectivity index (χ1) is 16.0. The molecule has 1 aliphatic rings. The zero-order valence-electron chi connectivity index (χ0n) is 18.1. The van der Waals surface area contributed by atoms with Crippen molar-refractivity contribution in [3.05, 3.63) is 59.5 Å². The van der Waals surface area contributed by atoms with E-state index in [1.165, 1.54) is 31.3 Å². The van der Waals surface area contributed by atoms with Gasteiger partial charge in [-0.2, -0.15) is 13.2 Å². The van der Waals surface area contributed by atoms with Crippen LogP contribution >= 0.6 is 11.6 Å². The van der Waals surface area contributed by atoms with Gasteiger partial charge in [0, 0.05) is 38.3 Å². The molecule has 1 atom stereocenters. The number of aromatic nitrogens is 2. The maximum Gasteiger partial charge on any atom is 0.405 e. The molecule has 3 heterocycles. The average Bonchev–Trinajstić information content (AvgIpc) is 2.80. The average molecular weight is 496 g/mol. The molecule has 8 nitrogen and oxygen atoms in total. The van der Waals surface area contributed by atoms with E-state index in [0.717, 1.165) is 0 Å². The second-order valence-corrected chi connectivity index (χ2v) is 7.94. The predicted molar refractivity (Wildman–Crippen MR) is 118 cm³/mol. The first-order valence-corrected chi connectivity index (χ1v) is 10.5. The van der Waals surface area contributed by atoms with Gasteiger partial charge in [0.2, 0.25) is 11.8 Å². The minimum atomic E-state index is -4.56. The highest BCUT2D eigenvalue weighted by atomic mass is 35.5. The molecule has 0 radical (unpaired) electrons. The number of nitrogens with zero attached hydrogens (tertiary/aromatic N) is 4. The third kappa shape index (κ3) is 6.10. The van der Waals surface area contributed by atoms with E-state index in [9.17, 15) is 27.6 Å². The number of carbonyl (C=O) groups is 3. The highest BCUT2D eigenvalue weighted by Crippen LogP contribution is 2.31. The molecule has 0 bridgehead atoms. The molecule has 12 heteroatoms. The van der Waals surface area contributed by atoms with E-state index in [1.54, 1.807) is 27.2 Å². The highest BCUT2D eigenvalue weighted by molar-refractivity contribution is 6.29. The van der Waals surface area contributed by atoms with Crippen LogP contribution in [0, 0.1) is 0 Å². The van der Waals surface area contributed by atoms with Crippen LogP contribution in [0.25, 0.3) is 11.3 Å². The van der Waals surface area contributed by atoms with Crippen molar-refractivity contribution in [2.75, 3.05) is 26.2 Å². The molecule has 180 valence electrons. The van der Waals surface area contributed by atoms with Crippen molar-refractivity contribution in [3.8, 4) is 11.3 Å². The summed E-state index contributed by atoms with van der Waals surface area (Å²) in [5.74, 6) is -1.44. The lowest BCUT2D eigenvalue weighted by Crippen LogP contribution is -2.51. The van der Waals surface area contributed by atoms with Gasteiger partial charge in [-0.15, -0.1) is 0 Å². The van der Waals surface area contributed by atoms with Gasteiger partial charge >= 0.3 is 6.18 Å². The van der Waals surface area contributed by atoms with Crippen LogP contribution in [-0.2, 0) is 9.59 Å². The van der Waals surface area contributed by atoms with E-state index in [1.807, 2.05) is 0 Å². The number of halogens is 4. The van der Waals surface area contributed by atoms with Crippen LogP contribution in [0.3, 0.4) is 0 Å². The number of pyridine rings is 2. The fourth-order valence-corrected chi connectivity index (χ4v) is 3.83. The number of amides is 3. The van der Waals surface area contributed by atoms with Gasteiger partial charge in [-0.1, -0.05) is 18.2 Å². The van der Waals surface area contributed by atoms with E-state index in [4.69, 9.17) is 11.6 Å². The molecule has 0 saturated carbocycles. The van der Waals surface area contributed by atoms with Crippen molar-refractivity contribution in [3.63, 3.8) is 0 Å². The van der Waals surface area contributed by atoms with Gasteiger partial charge in [-0.3, -0.25) is 19.4 Å². The molecule has 0 aromatic carbocycles. The Morgan fingerprint density at radius 3 is 2.65 bits per heavy atom. The van der Waals surface area contributed by atoms with E-state index in [-0.39, 0.29) is 29.2 Å². The molecule has 3 rings (SSSR count). The van der Waals surface area contributed by atoms with Gasteiger partial charge in [0.15, 0.2) is 0 Å².